The molecular weight excluding hydrogens is 799 g/mol. The van der Waals surface area contributed by atoms with E-state index in [9.17, 15) is 132 Å². The largest absolute Gasteiger partial charge is 0.460 e. The first-order chi connectivity index (χ1) is 20.6. The van der Waals surface area contributed by atoms with Crippen molar-refractivity contribution in [3.05, 3.63) is 12.2 Å². The third-order valence-electron chi connectivity index (χ3n) is 5.72. The molecule has 0 rings (SSSR count). The fourth-order valence-corrected chi connectivity index (χ4v) is 2.84. The summed E-state index contributed by atoms with van der Waals surface area (Å²) in [7, 11) is 0. The van der Waals surface area contributed by atoms with Crippen LogP contribution in [0.2, 0.25) is 0 Å². The van der Waals surface area contributed by atoms with Crippen LogP contribution in [0.1, 0.15) is 6.92 Å². The van der Waals surface area contributed by atoms with Crippen molar-refractivity contribution in [2.75, 3.05) is 0 Å². The quantitative estimate of drug-likeness (QED) is 0.112. The summed E-state index contributed by atoms with van der Waals surface area (Å²) in [6.45, 7) is 1.86. The molecule has 292 valence electrons. The van der Waals surface area contributed by atoms with Crippen molar-refractivity contribution in [3.8, 4) is 0 Å². The molecular formula is C18H5F29O2. The maximum Gasteiger partial charge on any atom is 0.460 e. The zero-order chi connectivity index (χ0) is 40.9. The molecule has 0 heterocycles. The van der Waals surface area contributed by atoms with Gasteiger partial charge in [-0.05, 0) is 6.92 Å². The molecule has 0 aliphatic carbocycles. The summed E-state index contributed by atoms with van der Waals surface area (Å²) in [6.07, 6.45) is -25.9. The number of carbonyl (C=O) groups excluding carboxylic acids is 1. The minimum absolute atomic E-state index is 0.197. The predicted molar refractivity (Wildman–Crippen MR) is 91.3 cm³/mol. The van der Waals surface area contributed by atoms with Gasteiger partial charge in [-0.3, -0.25) is 0 Å². The second-order valence-electron chi connectivity index (χ2n) is 9.09. The van der Waals surface area contributed by atoms with Crippen LogP contribution in [0.3, 0.4) is 0 Å². The number of hydrogen-bond acceptors (Lipinski definition) is 2. The van der Waals surface area contributed by atoms with Gasteiger partial charge in [-0.1, -0.05) is 6.58 Å². The zero-order valence-corrected chi connectivity index (χ0v) is 21.5. The van der Waals surface area contributed by atoms with E-state index in [1.165, 1.54) is 0 Å². The normalized spacial score (nSPS) is 17.5. The Bertz CT molecular complexity index is 1250. The van der Waals surface area contributed by atoms with Crippen molar-refractivity contribution in [2.45, 2.75) is 90.3 Å². The van der Waals surface area contributed by atoms with Crippen LogP contribution in [0.15, 0.2) is 12.2 Å². The van der Waals surface area contributed by atoms with Crippen LogP contribution in [0.25, 0.3) is 0 Å². The van der Waals surface area contributed by atoms with Gasteiger partial charge in [-0.2, -0.15) is 123 Å². The Morgan fingerprint density at radius 2 is 0.592 bits per heavy atom. The number of rotatable bonds is 12. The van der Waals surface area contributed by atoms with Gasteiger partial charge >= 0.3 is 89.3 Å². The van der Waals surface area contributed by atoms with Crippen molar-refractivity contribution in [1.29, 1.82) is 0 Å². The molecule has 0 radical (unpaired) electrons. The summed E-state index contributed by atoms with van der Waals surface area (Å²) in [6, 6.07) is 0. The molecule has 0 N–H and O–H groups in total. The van der Waals surface area contributed by atoms with E-state index in [1.54, 1.807) is 0 Å². The molecule has 0 saturated heterocycles. The molecule has 0 saturated carbocycles. The van der Waals surface area contributed by atoms with Crippen LogP contribution in [0.4, 0.5) is 127 Å². The number of hydrogen-bond donors (Lipinski definition) is 0. The first-order valence-electron chi connectivity index (χ1n) is 10.4. The Labute approximate surface area is 246 Å². The van der Waals surface area contributed by atoms with Gasteiger partial charge in [0, 0.05) is 5.57 Å². The molecule has 2 nitrogen and oxygen atoms in total. The predicted octanol–water partition coefficient (Wildman–Crippen LogP) is 9.88. The molecule has 0 fully saturated rings. The van der Waals surface area contributed by atoms with E-state index in [-0.39, 0.29) is 6.92 Å². The highest BCUT2D eigenvalue weighted by molar-refractivity contribution is 5.87. The Hall–Kier alpha value is -2.82. The lowest BCUT2D eigenvalue weighted by Gasteiger charge is -2.47. The molecule has 49 heavy (non-hydrogen) atoms. The van der Waals surface area contributed by atoms with Crippen molar-refractivity contribution < 1.29 is 137 Å². The maximum atomic E-state index is 14.8. The molecule has 0 spiro atoms. The van der Waals surface area contributed by atoms with E-state index >= 15 is 0 Å². The molecule has 0 aliphatic rings. The molecule has 0 aromatic rings. The second-order valence-corrected chi connectivity index (χ2v) is 9.09. The van der Waals surface area contributed by atoms with Crippen molar-refractivity contribution in [2.24, 2.45) is 0 Å². The van der Waals surface area contributed by atoms with Crippen LogP contribution in [0, 0.1) is 0 Å². The van der Waals surface area contributed by atoms with Crippen LogP contribution < -0.4 is 0 Å². The van der Waals surface area contributed by atoms with Crippen LogP contribution in [-0.2, 0) is 9.53 Å². The molecule has 0 aliphatic heterocycles. The fraction of sp³-hybridized carbons (Fsp3) is 0.833. The fourth-order valence-electron chi connectivity index (χ4n) is 2.84. The number of halogens is 29. The van der Waals surface area contributed by atoms with Crippen LogP contribution >= 0.6 is 0 Å². The summed E-state index contributed by atoms with van der Waals surface area (Å²) in [5.41, 5.74) is -11.4. The Kier molecular flexibility index (Phi) is 10.7. The molecule has 0 aromatic heterocycles. The summed E-state index contributed by atoms with van der Waals surface area (Å²) in [4.78, 5) is 11.2. The van der Waals surface area contributed by atoms with E-state index in [2.05, 4.69) is 6.58 Å². The topological polar surface area (TPSA) is 26.3 Å². The van der Waals surface area contributed by atoms with Gasteiger partial charge in [0.2, 0.25) is 0 Å². The van der Waals surface area contributed by atoms with E-state index in [1.807, 2.05) is 4.74 Å². The highest BCUT2D eigenvalue weighted by atomic mass is 19.4. The molecule has 31 heteroatoms. The standard InChI is InChI=1S/C18H5F29O2/c1-3(2)4(48)49-15(38,13(34,35)14(36,37)18(45,46)47)12(32,33)11(30,31)10(28,29)9(26,27)8(24,25)7(22,23)6(20,21)5(19,16(39,40)41)17(42,43)44/h1H2,2H3. The molecule has 1 atom stereocenters. The van der Waals surface area contributed by atoms with Gasteiger partial charge in [0.25, 0.3) is 0 Å². The van der Waals surface area contributed by atoms with Crippen LogP contribution in [-0.4, -0.2) is 89.3 Å². The van der Waals surface area contributed by atoms with Gasteiger partial charge in [0.1, 0.15) is 0 Å². The molecule has 1 unspecified atom stereocenters. The Balaban J connectivity index is 8.10. The number of carbonyl (C=O) groups is 1. The number of alkyl halides is 29. The summed E-state index contributed by atoms with van der Waals surface area (Å²) >= 11 is 0. The van der Waals surface area contributed by atoms with Crippen molar-refractivity contribution in [3.63, 3.8) is 0 Å². The number of ether oxygens (including phenoxy) is 1. The zero-order valence-electron chi connectivity index (χ0n) is 21.5. The van der Waals surface area contributed by atoms with E-state index in [0.29, 0.717) is 0 Å². The van der Waals surface area contributed by atoms with Crippen LogP contribution in [0.5, 0.6) is 0 Å². The summed E-state index contributed by atoms with van der Waals surface area (Å²) in [5.74, 6) is -99.8. The smallest absolute Gasteiger partial charge is 0.413 e. The maximum absolute atomic E-state index is 14.8. The van der Waals surface area contributed by atoms with Gasteiger partial charge in [-0.25, -0.2) is 9.18 Å². The average Bonchev–Trinajstić information content (AvgIpc) is 2.84. The first-order valence-corrected chi connectivity index (χ1v) is 10.4. The Morgan fingerprint density at radius 1 is 0.367 bits per heavy atom. The lowest BCUT2D eigenvalue weighted by molar-refractivity contribution is -0.496. The highest BCUT2D eigenvalue weighted by Gasteiger charge is 3.02. The average molecular weight is 804 g/mol. The minimum atomic E-state index is -10.0. The third-order valence-corrected chi connectivity index (χ3v) is 5.72. The summed E-state index contributed by atoms with van der Waals surface area (Å²) < 4.78 is 392. The SMILES string of the molecule is C=C(C)C(=O)OC(F)(C(F)(F)C(F)(F)C(F)(F)F)C(F)(F)C(F)(F)C(F)(F)C(F)(F)C(F)(F)C(F)(F)C(F)(F)C(F)(C(F)(F)F)C(F)(F)F. The first kappa shape index (κ1) is 46.2. The Morgan fingerprint density at radius 3 is 0.816 bits per heavy atom. The lowest BCUT2D eigenvalue weighted by atomic mass is 9.81. The second kappa shape index (κ2) is 11.3. The number of esters is 1. The lowest BCUT2D eigenvalue weighted by Crippen LogP contribution is -2.81. The van der Waals surface area contributed by atoms with E-state index < -0.39 is 94.9 Å². The van der Waals surface area contributed by atoms with Crippen molar-refractivity contribution in [1.82, 2.24) is 0 Å². The van der Waals surface area contributed by atoms with Gasteiger partial charge < -0.3 is 4.74 Å². The van der Waals surface area contributed by atoms with Gasteiger partial charge in [0.05, 0.1) is 0 Å². The third kappa shape index (κ3) is 5.55. The minimum Gasteiger partial charge on any atom is -0.413 e. The van der Waals surface area contributed by atoms with Gasteiger partial charge in [-0.15, -0.1) is 0 Å². The molecule has 0 bridgehead atoms. The monoisotopic (exact) mass is 804 g/mol. The van der Waals surface area contributed by atoms with E-state index in [4.69, 9.17) is 0 Å². The molecule has 0 amide bonds. The highest BCUT2D eigenvalue weighted by Crippen LogP contribution is 2.69. The summed E-state index contributed by atoms with van der Waals surface area (Å²) in [5, 5.41) is 0. The van der Waals surface area contributed by atoms with Gasteiger partial charge in [0.15, 0.2) is 0 Å². The molecule has 0 aromatic carbocycles. The van der Waals surface area contributed by atoms with Crippen molar-refractivity contribution >= 4 is 5.97 Å². The van der Waals surface area contributed by atoms with E-state index in [0.717, 1.165) is 0 Å².